The topological polar surface area (TPSA) is 98.2 Å². The monoisotopic (exact) mass is 631 g/mol. The Bertz CT molecular complexity index is 1330. The minimum atomic E-state index is -3.59. The molecule has 0 amide bonds. The molecule has 1 saturated heterocycles. The second kappa shape index (κ2) is 12.2. The van der Waals surface area contributed by atoms with Crippen LogP contribution in [-0.4, -0.2) is 53.7 Å². The maximum atomic E-state index is 14.7. The molecule has 2 bridgehead atoms. The van der Waals surface area contributed by atoms with Gasteiger partial charge < -0.3 is 10.1 Å². The average Bonchev–Trinajstić information content (AvgIpc) is 3.33. The van der Waals surface area contributed by atoms with Gasteiger partial charge in [-0.25, -0.2) is 8.42 Å². The molecule has 1 aromatic carbocycles. The Balaban J connectivity index is 1.28. The largest absolute Gasteiger partial charge is 0.758 e. The predicted molar refractivity (Wildman–Crippen MR) is 167 cm³/mol. The summed E-state index contributed by atoms with van der Waals surface area (Å²) >= 11 is 6.10. The van der Waals surface area contributed by atoms with Crippen LogP contribution in [0.15, 0.2) is 30.0 Å². The molecule has 8 nitrogen and oxygen atoms in total. The molecule has 4 saturated carbocycles. The first kappa shape index (κ1) is 31.2. The number of ether oxygens (including phenoxy) is 1. The van der Waals surface area contributed by atoms with Crippen molar-refractivity contribution in [3.05, 3.63) is 50.9 Å². The Hall–Kier alpha value is -1.77. The highest BCUT2D eigenvalue weighted by Gasteiger charge is 2.67. The molecule has 1 aliphatic heterocycles. The Morgan fingerprint density at radius 3 is 2.16 bits per heavy atom. The van der Waals surface area contributed by atoms with Crippen molar-refractivity contribution in [2.75, 3.05) is 5.75 Å². The SMILES string of the molecule is CC1(C)[C@@H]2CC[C@@]1(CS(=O)(=O)N(C1CCCCC1)C1CCCCC1)[C@H](O[C@H]1C[C@H](c3ccc(Cl)cc3)C(=C=[N-])[N+](=O)O1)C2. The van der Waals surface area contributed by atoms with Crippen LogP contribution >= 0.6 is 11.6 Å². The summed E-state index contributed by atoms with van der Waals surface area (Å²) in [6.45, 7) is 4.43. The van der Waals surface area contributed by atoms with Crippen LogP contribution in [-0.2, 0) is 19.6 Å². The fourth-order valence-electron chi connectivity index (χ4n) is 9.36. The number of hydrogen-bond donors (Lipinski definition) is 0. The van der Waals surface area contributed by atoms with Crippen LogP contribution in [0, 0.1) is 21.7 Å². The van der Waals surface area contributed by atoms with Crippen LogP contribution in [0.1, 0.15) is 115 Å². The third kappa shape index (κ3) is 5.74. The molecule has 236 valence electrons. The minimum Gasteiger partial charge on any atom is -0.758 e. The normalized spacial score (nSPS) is 33.5. The molecule has 43 heavy (non-hydrogen) atoms. The van der Waals surface area contributed by atoms with Gasteiger partial charge >= 0.3 is 5.70 Å². The number of benzene rings is 1. The standard InChI is InChI=1S/C33H46ClN3O5S/c1-32(2)24-17-18-33(32,22-43(39,40)36(26-9-5-3-6-10-26)27-11-7-4-8-12-27)30(19-24)41-31-20-28(29(21-35)37(38)42-31)23-13-15-25(34)16-14-23/h13-16,24,26-28,30-31H,3-12,17-20,22H2,1-2H3/t24-,28-,30-,31-,33-/m1/s1. The Morgan fingerprint density at radius 2 is 1.60 bits per heavy atom. The highest BCUT2D eigenvalue weighted by atomic mass is 35.5. The van der Waals surface area contributed by atoms with E-state index in [1.807, 2.05) is 22.3 Å². The van der Waals surface area contributed by atoms with E-state index in [9.17, 15) is 18.7 Å². The van der Waals surface area contributed by atoms with Crippen LogP contribution in [0.3, 0.4) is 0 Å². The van der Waals surface area contributed by atoms with E-state index in [-0.39, 0.29) is 35.1 Å². The summed E-state index contributed by atoms with van der Waals surface area (Å²) in [5, 5.41) is 10.3. The first-order valence-electron chi connectivity index (χ1n) is 16.4. The Labute approximate surface area is 261 Å². The van der Waals surface area contributed by atoms with E-state index in [4.69, 9.17) is 21.2 Å². The second-order valence-electron chi connectivity index (χ2n) is 14.3. The maximum absolute atomic E-state index is 14.7. The third-order valence-electron chi connectivity index (χ3n) is 11.9. The second-order valence-corrected chi connectivity index (χ2v) is 16.6. The first-order chi connectivity index (χ1) is 20.6. The summed E-state index contributed by atoms with van der Waals surface area (Å²) in [4.78, 5) is 18.8. The number of hydrogen-bond acceptors (Lipinski definition) is 5. The molecule has 5 fully saturated rings. The third-order valence-corrected chi connectivity index (χ3v) is 14.2. The zero-order valence-electron chi connectivity index (χ0n) is 25.5. The van der Waals surface area contributed by atoms with Crippen molar-refractivity contribution < 1.29 is 22.9 Å². The molecule has 0 aromatic heterocycles. The van der Waals surface area contributed by atoms with E-state index in [0.717, 1.165) is 76.2 Å². The highest BCUT2D eigenvalue weighted by Crippen LogP contribution is 2.67. The average molecular weight is 632 g/mol. The quantitative estimate of drug-likeness (QED) is 0.277. The molecule has 0 unspecified atom stereocenters. The van der Waals surface area contributed by atoms with Gasteiger partial charge in [0.25, 0.3) is 11.2 Å². The van der Waals surface area contributed by atoms with Crippen molar-refractivity contribution in [1.29, 1.82) is 0 Å². The van der Waals surface area contributed by atoms with Crippen LogP contribution in [0.2, 0.25) is 5.02 Å². The molecule has 1 heterocycles. The number of rotatable bonds is 8. The van der Waals surface area contributed by atoms with E-state index in [2.05, 4.69) is 13.8 Å². The number of nitrogens with zero attached hydrogens (tertiary/aromatic N) is 3. The first-order valence-corrected chi connectivity index (χ1v) is 18.4. The number of allylic oxidation sites excluding steroid dienone is 1. The molecular formula is C33H46ClN3O5S. The number of halogens is 1. The van der Waals surface area contributed by atoms with Gasteiger partial charge in [-0.05, 0) is 74.0 Å². The summed E-state index contributed by atoms with van der Waals surface area (Å²) in [7, 11) is -3.59. The summed E-state index contributed by atoms with van der Waals surface area (Å²) in [6, 6.07) is 7.32. The zero-order valence-corrected chi connectivity index (χ0v) is 27.1. The van der Waals surface area contributed by atoms with E-state index in [1.165, 1.54) is 12.8 Å². The maximum Gasteiger partial charge on any atom is 0.320 e. The van der Waals surface area contributed by atoms with Gasteiger partial charge in [0.15, 0.2) is 0 Å². The summed E-state index contributed by atoms with van der Waals surface area (Å²) in [6.07, 6.45) is 12.1. The highest BCUT2D eigenvalue weighted by molar-refractivity contribution is 7.89. The number of sulfonamides is 1. The molecule has 0 spiro atoms. The minimum absolute atomic E-state index is 0.0247. The van der Waals surface area contributed by atoms with E-state index >= 15 is 0 Å². The molecule has 5 aliphatic rings. The van der Waals surface area contributed by atoms with Gasteiger partial charge in [-0.15, -0.1) is 0 Å². The van der Waals surface area contributed by atoms with Gasteiger partial charge in [-0.1, -0.05) is 76.1 Å². The summed E-state index contributed by atoms with van der Waals surface area (Å²) in [5.74, 6) is 1.93. The molecule has 10 heteroatoms. The van der Waals surface area contributed by atoms with Crippen LogP contribution in [0.4, 0.5) is 0 Å². The Kier molecular flexibility index (Phi) is 8.86. The lowest BCUT2D eigenvalue weighted by molar-refractivity contribution is -0.801. The molecule has 4 aliphatic carbocycles. The van der Waals surface area contributed by atoms with Crippen LogP contribution < -0.4 is 0 Å². The van der Waals surface area contributed by atoms with Gasteiger partial charge in [-0.2, -0.15) is 15.0 Å². The van der Waals surface area contributed by atoms with Crippen molar-refractivity contribution >= 4 is 27.5 Å². The van der Waals surface area contributed by atoms with E-state index in [1.54, 1.807) is 12.1 Å². The van der Waals surface area contributed by atoms with Gasteiger partial charge in [-0.3, -0.25) is 0 Å². The van der Waals surface area contributed by atoms with Crippen molar-refractivity contribution in [3.8, 4) is 0 Å². The lowest BCUT2D eigenvalue weighted by atomic mass is 9.69. The molecule has 6 rings (SSSR count). The van der Waals surface area contributed by atoms with Crippen molar-refractivity contribution in [1.82, 2.24) is 4.31 Å². The van der Waals surface area contributed by atoms with Crippen molar-refractivity contribution in [3.63, 3.8) is 0 Å². The van der Waals surface area contributed by atoms with Crippen molar-refractivity contribution in [2.45, 2.75) is 134 Å². The lowest BCUT2D eigenvalue weighted by Crippen LogP contribution is -2.55. The molecular weight excluding hydrogens is 586 g/mol. The number of fused-ring (bicyclic) bond motifs is 2. The smallest absolute Gasteiger partial charge is 0.320 e. The summed E-state index contributed by atoms with van der Waals surface area (Å²) < 4.78 is 38.1. The predicted octanol–water partition coefficient (Wildman–Crippen LogP) is 7.50. The lowest BCUT2D eigenvalue weighted by Gasteiger charge is -2.46. The van der Waals surface area contributed by atoms with Crippen molar-refractivity contribution in [2.24, 2.45) is 16.7 Å². The molecule has 0 N–H and O–H groups in total. The molecule has 5 atom stereocenters. The van der Waals surface area contributed by atoms with Gasteiger partial charge in [0.2, 0.25) is 10.0 Å². The fraction of sp³-hybridized carbons (Fsp3) is 0.758. The Morgan fingerprint density at radius 1 is 1.00 bits per heavy atom. The fourth-order valence-corrected chi connectivity index (χ4v) is 12.3. The summed E-state index contributed by atoms with van der Waals surface area (Å²) in [5.41, 5.74) is -0.0476. The van der Waals surface area contributed by atoms with Gasteiger partial charge in [0.05, 0.1) is 22.7 Å². The van der Waals surface area contributed by atoms with E-state index in [0.29, 0.717) is 22.3 Å². The van der Waals surface area contributed by atoms with Crippen LogP contribution in [0.25, 0.3) is 5.41 Å². The molecule has 1 aromatic rings. The van der Waals surface area contributed by atoms with Gasteiger partial charge in [0.1, 0.15) is 0 Å². The van der Waals surface area contributed by atoms with Crippen LogP contribution in [0.5, 0.6) is 0 Å². The molecule has 0 radical (unpaired) electrons. The van der Waals surface area contributed by atoms with Gasteiger partial charge in [0, 0.05) is 28.9 Å². The zero-order chi connectivity index (χ0) is 30.4. The van der Waals surface area contributed by atoms with E-state index < -0.39 is 27.6 Å².